The van der Waals surface area contributed by atoms with Crippen molar-refractivity contribution in [3.05, 3.63) is 62.4 Å². The lowest BCUT2D eigenvalue weighted by Crippen LogP contribution is -2.21. The fourth-order valence-electron chi connectivity index (χ4n) is 3.70. The van der Waals surface area contributed by atoms with Crippen LogP contribution in [0.3, 0.4) is 0 Å². The van der Waals surface area contributed by atoms with Crippen molar-refractivity contribution in [1.29, 1.82) is 0 Å². The molecule has 6 nitrogen and oxygen atoms in total. The average Bonchev–Trinajstić information content (AvgIpc) is 3.00. The van der Waals surface area contributed by atoms with Crippen LogP contribution in [0.15, 0.2) is 31.8 Å². The Hall–Kier alpha value is -3.02. The lowest BCUT2D eigenvalue weighted by atomic mass is 9.90. The SMILES string of the molecule is Cc1cc(OCc2cc(C(=O)[O-])oc2C)c2c3c(c(=O)oc2c1)CCCC3. The molecule has 0 bridgehead atoms. The number of hydrogen-bond donors (Lipinski definition) is 0. The summed E-state index contributed by atoms with van der Waals surface area (Å²) in [5.74, 6) is -0.480. The molecule has 140 valence electrons. The Balaban J connectivity index is 1.77. The van der Waals surface area contributed by atoms with Gasteiger partial charge in [0.15, 0.2) is 0 Å². The van der Waals surface area contributed by atoms with Crippen LogP contribution in [-0.4, -0.2) is 5.97 Å². The highest BCUT2D eigenvalue weighted by Crippen LogP contribution is 2.35. The number of rotatable bonds is 4. The zero-order valence-corrected chi connectivity index (χ0v) is 15.2. The van der Waals surface area contributed by atoms with Crippen molar-refractivity contribution in [3.63, 3.8) is 0 Å². The molecule has 0 aliphatic heterocycles. The number of carbonyl (C=O) groups is 1. The summed E-state index contributed by atoms with van der Waals surface area (Å²) in [6.07, 6.45) is 3.54. The minimum Gasteiger partial charge on any atom is -0.542 e. The summed E-state index contributed by atoms with van der Waals surface area (Å²) in [4.78, 5) is 23.3. The molecule has 0 saturated heterocycles. The molecular formula is C21H19O6-. The fraction of sp³-hybridized carbons (Fsp3) is 0.333. The predicted molar refractivity (Wildman–Crippen MR) is 96.0 cm³/mol. The van der Waals surface area contributed by atoms with E-state index in [1.807, 2.05) is 19.1 Å². The molecule has 3 aromatic rings. The van der Waals surface area contributed by atoms with E-state index in [-0.39, 0.29) is 18.0 Å². The smallest absolute Gasteiger partial charge is 0.339 e. The van der Waals surface area contributed by atoms with Gasteiger partial charge in [-0.1, -0.05) is 0 Å². The van der Waals surface area contributed by atoms with Gasteiger partial charge in [0.2, 0.25) is 0 Å². The van der Waals surface area contributed by atoms with E-state index >= 15 is 0 Å². The summed E-state index contributed by atoms with van der Waals surface area (Å²) in [7, 11) is 0. The minimum absolute atomic E-state index is 0.148. The number of furan rings is 1. The van der Waals surface area contributed by atoms with E-state index in [1.54, 1.807) is 6.92 Å². The van der Waals surface area contributed by atoms with Gasteiger partial charge in [-0.2, -0.15) is 0 Å². The number of carboxylic acid groups (broad SMARTS) is 1. The summed E-state index contributed by atoms with van der Waals surface area (Å²) in [6.45, 7) is 3.73. The number of ether oxygens (including phenoxy) is 1. The molecule has 1 aromatic carbocycles. The van der Waals surface area contributed by atoms with Gasteiger partial charge in [-0.25, -0.2) is 4.79 Å². The Morgan fingerprint density at radius 3 is 2.56 bits per heavy atom. The summed E-state index contributed by atoms with van der Waals surface area (Å²) in [5.41, 5.74) is 3.54. The van der Waals surface area contributed by atoms with Gasteiger partial charge < -0.3 is 23.5 Å². The fourth-order valence-corrected chi connectivity index (χ4v) is 3.70. The molecule has 6 heteroatoms. The van der Waals surface area contributed by atoms with E-state index in [2.05, 4.69) is 0 Å². The highest BCUT2D eigenvalue weighted by Gasteiger charge is 2.21. The maximum Gasteiger partial charge on any atom is 0.339 e. The van der Waals surface area contributed by atoms with E-state index < -0.39 is 5.97 Å². The molecule has 27 heavy (non-hydrogen) atoms. The van der Waals surface area contributed by atoms with Crippen LogP contribution in [-0.2, 0) is 19.4 Å². The predicted octanol–water partition coefficient (Wildman–Crippen LogP) is 2.82. The first-order valence-electron chi connectivity index (χ1n) is 8.96. The van der Waals surface area contributed by atoms with Crippen molar-refractivity contribution in [2.24, 2.45) is 0 Å². The molecule has 0 N–H and O–H groups in total. The Labute approximate surface area is 155 Å². The number of hydrogen-bond acceptors (Lipinski definition) is 6. The van der Waals surface area contributed by atoms with Crippen molar-refractivity contribution in [3.8, 4) is 5.75 Å². The van der Waals surface area contributed by atoms with E-state index in [0.29, 0.717) is 22.7 Å². The molecule has 0 atom stereocenters. The monoisotopic (exact) mass is 367 g/mol. The largest absolute Gasteiger partial charge is 0.542 e. The van der Waals surface area contributed by atoms with Crippen LogP contribution >= 0.6 is 0 Å². The van der Waals surface area contributed by atoms with Crippen LogP contribution in [0.25, 0.3) is 11.0 Å². The standard InChI is InChI=1S/C21H20O6/c1-11-7-16(25-10-13-9-18(20(22)23)26-12(13)2)19-14-5-3-4-6-15(14)21(24)27-17(19)8-11/h7-9H,3-6,10H2,1-2H3,(H,22,23)/p-1. The first-order valence-corrected chi connectivity index (χ1v) is 8.96. The van der Waals surface area contributed by atoms with Gasteiger partial charge in [0.25, 0.3) is 0 Å². The molecular weight excluding hydrogens is 348 g/mol. The van der Waals surface area contributed by atoms with E-state index in [0.717, 1.165) is 47.8 Å². The second-order valence-electron chi connectivity index (χ2n) is 6.96. The summed E-state index contributed by atoms with van der Waals surface area (Å²) < 4.78 is 16.8. The lowest BCUT2D eigenvalue weighted by molar-refractivity contribution is -0.257. The molecule has 1 aliphatic rings. The van der Waals surface area contributed by atoms with Gasteiger partial charge in [0.05, 0.1) is 5.39 Å². The van der Waals surface area contributed by atoms with E-state index in [9.17, 15) is 14.7 Å². The van der Waals surface area contributed by atoms with Crippen molar-refractivity contribution in [1.82, 2.24) is 0 Å². The first kappa shape index (κ1) is 17.4. The molecule has 1 aliphatic carbocycles. The van der Waals surface area contributed by atoms with Crippen molar-refractivity contribution in [2.75, 3.05) is 0 Å². The van der Waals surface area contributed by atoms with E-state index in [4.69, 9.17) is 13.6 Å². The average molecular weight is 367 g/mol. The third-order valence-electron chi connectivity index (χ3n) is 5.03. The maximum absolute atomic E-state index is 12.3. The summed E-state index contributed by atoms with van der Waals surface area (Å²) in [6, 6.07) is 5.17. The number of aryl methyl sites for hydroxylation is 3. The highest BCUT2D eigenvalue weighted by molar-refractivity contribution is 5.88. The molecule has 2 heterocycles. The van der Waals surface area contributed by atoms with Crippen LogP contribution < -0.4 is 15.5 Å². The molecule has 0 saturated carbocycles. The second kappa shape index (κ2) is 6.61. The van der Waals surface area contributed by atoms with Crippen LogP contribution in [0, 0.1) is 13.8 Å². The Morgan fingerprint density at radius 1 is 1.11 bits per heavy atom. The third-order valence-corrected chi connectivity index (χ3v) is 5.03. The quantitative estimate of drug-likeness (QED) is 0.658. The topological polar surface area (TPSA) is 92.7 Å². The molecule has 0 radical (unpaired) electrons. The number of carboxylic acids is 1. The second-order valence-corrected chi connectivity index (χ2v) is 6.96. The molecule has 2 aromatic heterocycles. The number of benzene rings is 1. The molecule has 0 amide bonds. The summed E-state index contributed by atoms with van der Waals surface area (Å²) >= 11 is 0. The normalized spacial score (nSPS) is 13.6. The van der Waals surface area contributed by atoms with Gasteiger partial charge in [-0.3, -0.25) is 0 Å². The van der Waals surface area contributed by atoms with Crippen molar-refractivity contribution in [2.45, 2.75) is 46.1 Å². The van der Waals surface area contributed by atoms with Crippen molar-refractivity contribution < 1.29 is 23.5 Å². The molecule has 0 fully saturated rings. The molecule has 4 rings (SSSR count). The molecule has 0 unspecified atom stereocenters. The Kier molecular flexibility index (Phi) is 4.26. The Bertz CT molecular complexity index is 1100. The zero-order chi connectivity index (χ0) is 19.1. The van der Waals surface area contributed by atoms with Gasteiger partial charge in [-0.05, 0) is 68.9 Å². The van der Waals surface area contributed by atoms with Crippen LogP contribution in [0.5, 0.6) is 5.75 Å². The number of carbonyl (C=O) groups excluding carboxylic acids is 1. The van der Waals surface area contributed by atoms with Crippen molar-refractivity contribution >= 4 is 16.9 Å². The third kappa shape index (κ3) is 3.12. The van der Waals surface area contributed by atoms with Crippen LogP contribution in [0.1, 0.15) is 51.4 Å². The van der Waals surface area contributed by atoms with Gasteiger partial charge in [0.1, 0.15) is 35.4 Å². The number of fused-ring (bicyclic) bond motifs is 3. The maximum atomic E-state index is 12.3. The number of aromatic carboxylic acids is 1. The van der Waals surface area contributed by atoms with Crippen LogP contribution in [0.4, 0.5) is 0 Å². The lowest BCUT2D eigenvalue weighted by Gasteiger charge is -2.19. The summed E-state index contributed by atoms with van der Waals surface area (Å²) in [5, 5.41) is 11.8. The minimum atomic E-state index is -1.36. The molecule has 0 spiro atoms. The Morgan fingerprint density at radius 2 is 1.85 bits per heavy atom. The highest BCUT2D eigenvalue weighted by atomic mass is 16.5. The first-order chi connectivity index (χ1) is 12.9. The zero-order valence-electron chi connectivity index (χ0n) is 15.2. The van der Waals surface area contributed by atoms with Gasteiger partial charge in [0, 0.05) is 11.1 Å². The van der Waals surface area contributed by atoms with Gasteiger partial charge >= 0.3 is 5.63 Å². The van der Waals surface area contributed by atoms with E-state index in [1.165, 1.54) is 6.07 Å². The van der Waals surface area contributed by atoms with Gasteiger partial charge in [-0.15, -0.1) is 0 Å². The van der Waals surface area contributed by atoms with Crippen LogP contribution in [0.2, 0.25) is 0 Å².